The number of nitrogens with zero attached hydrogens (tertiary/aromatic N) is 4. The van der Waals surface area contributed by atoms with Gasteiger partial charge < -0.3 is 14.8 Å². The van der Waals surface area contributed by atoms with Gasteiger partial charge in [0.15, 0.2) is 11.5 Å². The molecule has 0 radical (unpaired) electrons. The highest BCUT2D eigenvalue weighted by Gasteiger charge is 2.34. The predicted octanol–water partition coefficient (Wildman–Crippen LogP) is 4.52. The third-order valence-corrected chi connectivity index (χ3v) is 6.33. The molecule has 0 aliphatic rings. The van der Waals surface area contributed by atoms with Crippen LogP contribution < -0.4 is 19.7 Å². The van der Waals surface area contributed by atoms with Crippen LogP contribution in [0.25, 0.3) is 11.0 Å². The van der Waals surface area contributed by atoms with Gasteiger partial charge in [0.2, 0.25) is 11.8 Å². The van der Waals surface area contributed by atoms with Gasteiger partial charge >= 0.3 is 0 Å². The van der Waals surface area contributed by atoms with E-state index in [2.05, 4.69) is 29.5 Å². The van der Waals surface area contributed by atoms with Crippen molar-refractivity contribution in [1.82, 2.24) is 20.3 Å². The highest BCUT2D eigenvalue weighted by atomic mass is 19.1. The zero-order chi connectivity index (χ0) is 27.9. The van der Waals surface area contributed by atoms with Crippen molar-refractivity contribution in [1.29, 1.82) is 0 Å². The molecule has 1 atom stereocenters. The van der Waals surface area contributed by atoms with E-state index in [1.807, 2.05) is 18.2 Å². The largest absolute Gasteiger partial charge is 0.493 e. The molecule has 204 valence electrons. The van der Waals surface area contributed by atoms with Gasteiger partial charge in [0.25, 0.3) is 0 Å². The average Bonchev–Trinajstić information content (AvgIpc) is 3.34. The van der Waals surface area contributed by atoms with Crippen LogP contribution >= 0.6 is 0 Å². The molecule has 9 nitrogen and oxygen atoms in total. The van der Waals surface area contributed by atoms with Crippen molar-refractivity contribution in [3.63, 3.8) is 0 Å². The molecule has 4 aromatic rings. The van der Waals surface area contributed by atoms with Gasteiger partial charge in [-0.2, -0.15) is 0 Å². The van der Waals surface area contributed by atoms with Crippen LogP contribution in [0.4, 0.5) is 10.1 Å². The molecule has 4 rings (SSSR count). The highest BCUT2D eigenvalue weighted by Crippen LogP contribution is 2.36. The van der Waals surface area contributed by atoms with Crippen molar-refractivity contribution in [3.8, 4) is 11.5 Å². The quantitative estimate of drug-likeness (QED) is 0.304. The SMILES string of the molecule is COc1ccc(N(C(=O)Cn2nnc3ccccc32)C(C(=O)NCCC(C)C)c2ccc(F)cc2)cc1OC. The lowest BCUT2D eigenvalue weighted by Crippen LogP contribution is -2.45. The van der Waals surface area contributed by atoms with Gasteiger partial charge in [-0.25, -0.2) is 9.07 Å². The van der Waals surface area contributed by atoms with Crippen LogP contribution in [0.15, 0.2) is 66.7 Å². The van der Waals surface area contributed by atoms with Crippen molar-refractivity contribution in [2.24, 2.45) is 5.92 Å². The van der Waals surface area contributed by atoms with Gasteiger partial charge in [-0.1, -0.05) is 43.3 Å². The Labute approximate surface area is 226 Å². The smallest absolute Gasteiger partial charge is 0.249 e. The predicted molar refractivity (Wildman–Crippen MR) is 146 cm³/mol. The van der Waals surface area contributed by atoms with E-state index < -0.39 is 23.7 Å². The van der Waals surface area contributed by atoms with Crippen molar-refractivity contribution >= 4 is 28.5 Å². The Balaban J connectivity index is 1.81. The van der Waals surface area contributed by atoms with E-state index in [1.165, 1.54) is 48.1 Å². The third kappa shape index (κ3) is 6.34. The Morgan fingerprint density at radius 1 is 1.00 bits per heavy atom. The summed E-state index contributed by atoms with van der Waals surface area (Å²) in [7, 11) is 3.01. The summed E-state index contributed by atoms with van der Waals surface area (Å²) in [6.45, 7) is 4.36. The number of ether oxygens (including phenoxy) is 2. The van der Waals surface area contributed by atoms with Gasteiger partial charge in [-0.3, -0.25) is 14.5 Å². The van der Waals surface area contributed by atoms with E-state index in [-0.39, 0.29) is 6.54 Å². The lowest BCUT2D eigenvalue weighted by Gasteiger charge is -2.32. The van der Waals surface area contributed by atoms with Crippen LogP contribution in [0, 0.1) is 11.7 Å². The normalized spacial score (nSPS) is 11.8. The van der Waals surface area contributed by atoms with E-state index in [1.54, 1.807) is 24.3 Å². The Bertz CT molecular complexity index is 1440. The fourth-order valence-electron chi connectivity index (χ4n) is 4.29. The number of hydrogen-bond acceptors (Lipinski definition) is 6. The molecule has 0 fully saturated rings. The lowest BCUT2D eigenvalue weighted by atomic mass is 10.0. The number of carbonyl (C=O) groups is 2. The number of para-hydroxylation sites is 1. The monoisotopic (exact) mass is 533 g/mol. The second kappa shape index (κ2) is 12.4. The number of fused-ring (bicyclic) bond motifs is 1. The summed E-state index contributed by atoms with van der Waals surface area (Å²) in [5.74, 6) is -0.0395. The van der Waals surface area contributed by atoms with Crippen LogP contribution in [0.2, 0.25) is 0 Å². The van der Waals surface area contributed by atoms with Gasteiger partial charge in [0.05, 0.1) is 19.7 Å². The fraction of sp³-hybridized carbons (Fsp3) is 0.310. The molecule has 1 unspecified atom stereocenters. The molecule has 0 saturated carbocycles. The first-order chi connectivity index (χ1) is 18.8. The second-order valence-corrected chi connectivity index (χ2v) is 9.47. The van der Waals surface area contributed by atoms with Crippen molar-refractivity contribution in [2.45, 2.75) is 32.9 Å². The first kappa shape index (κ1) is 27.6. The molecule has 2 amide bonds. The van der Waals surface area contributed by atoms with Crippen molar-refractivity contribution in [3.05, 3.63) is 78.1 Å². The summed E-state index contributed by atoms with van der Waals surface area (Å²) in [6.07, 6.45) is 0.761. The summed E-state index contributed by atoms with van der Waals surface area (Å²) < 4.78 is 26.2. The molecular weight excluding hydrogens is 501 g/mol. The van der Waals surface area contributed by atoms with E-state index >= 15 is 0 Å². The summed E-state index contributed by atoms with van der Waals surface area (Å²) in [5, 5.41) is 11.3. The van der Waals surface area contributed by atoms with Gasteiger partial charge in [0.1, 0.15) is 23.9 Å². The Kier molecular flexibility index (Phi) is 8.75. The minimum atomic E-state index is -1.10. The summed E-state index contributed by atoms with van der Waals surface area (Å²) in [6, 6.07) is 16.7. The number of amides is 2. The summed E-state index contributed by atoms with van der Waals surface area (Å²) in [5.41, 5.74) is 2.17. The molecule has 0 aliphatic carbocycles. The summed E-state index contributed by atoms with van der Waals surface area (Å²) in [4.78, 5) is 29.2. The molecule has 39 heavy (non-hydrogen) atoms. The highest BCUT2D eigenvalue weighted by molar-refractivity contribution is 6.01. The Hall–Kier alpha value is -4.47. The molecule has 1 heterocycles. The molecule has 0 spiro atoms. The first-order valence-electron chi connectivity index (χ1n) is 12.7. The van der Waals surface area contributed by atoms with Crippen molar-refractivity contribution in [2.75, 3.05) is 25.7 Å². The summed E-state index contributed by atoms with van der Waals surface area (Å²) >= 11 is 0. The van der Waals surface area contributed by atoms with Crippen LogP contribution in [0.1, 0.15) is 31.9 Å². The molecule has 0 saturated heterocycles. The number of halogens is 1. The number of aromatic nitrogens is 3. The maximum absolute atomic E-state index is 14.1. The maximum atomic E-state index is 14.1. The number of hydrogen-bond donors (Lipinski definition) is 1. The Morgan fingerprint density at radius 2 is 1.72 bits per heavy atom. The number of methoxy groups -OCH3 is 2. The van der Waals surface area contributed by atoms with Crippen LogP contribution in [-0.2, 0) is 16.1 Å². The van der Waals surface area contributed by atoms with Gasteiger partial charge in [-0.15, -0.1) is 5.10 Å². The first-order valence-corrected chi connectivity index (χ1v) is 12.7. The second-order valence-electron chi connectivity index (χ2n) is 9.47. The van der Waals surface area contributed by atoms with Crippen molar-refractivity contribution < 1.29 is 23.5 Å². The molecule has 0 bridgehead atoms. The number of rotatable bonds is 11. The standard InChI is InChI=1S/C29H32FN5O4/c1-19(2)15-16-31-29(37)28(20-9-11-21(30)12-10-20)35(22-13-14-25(38-3)26(17-22)39-4)27(36)18-34-24-8-6-5-7-23(24)32-33-34/h5-14,17,19,28H,15-16,18H2,1-4H3,(H,31,37). The molecule has 1 N–H and O–H groups in total. The zero-order valence-electron chi connectivity index (χ0n) is 22.4. The zero-order valence-corrected chi connectivity index (χ0v) is 22.4. The number of carbonyl (C=O) groups excluding carboxylic acids is 2. The van der Waals surface area contributed by atoms with E-state index in [9.17, 15) is 14.0 Å². The van der Waals surface area contributed by atoms with Crippen LogP contribution in [0.3, 0.4) is 0 Å². The fourth-order valence-corrected chi connectivity index (χ4v) is 4.29. The Morgan fingerprint density at radius 3 is 2.41 bits per heavy atom. The van der Waals surface area contributed by atoms with E-state index in [0.717, 1.165) is 6.42 Å². The van der Waals surface area contributed by atoms with E-state index in [0.29, 0.717) is 46.2 Å². The minimum Gasteiger partial charge on any atom is -0.493 e. The minimum absolute atomic E-state index is 0.189. The van der Waals surface area contributed by atoms with E-state index in [4.69, 9.17) is 9.47 Å². The topological polar surface area (TPSA) is 98.6 Å². The van der Waals surface area contributed by atoms with Crippen LogP contribution in [0.5, 0.6) is 11.5 Å². The molecule has 1 aromatic heterocycles. The maximum Gasteiger partial charge on any atom is 0.249 e. The molecule has 3 aromatic carbocycles. The average molecular weight is 534 g/mol. The molecule has 0 aliphatic heterocycles. The molecular formula is C29H32FN5O4. The number of nitrogens with one attached hydrogen (secondary N) is 1. The number of benzene rings is 3. The number of anilines is 1. The van der Waals surface area contributed by atoms with Gasteiger partial charge in [0, 0.05) is 18.3 Å². The lowest BCUT2D eigenvalue weighted by molar-refractivity contribution is -0.127. The third-order valence-electron chi connectivity index (χ3n) is 6.33. The molecule has 10 heteroatoms. The van der Waals surface area contributed by atoms with Gasteiger partial charge in [-0.05, 0) is 54.3 Å². The van der Waals surface area contributed by atoms with Crippen LogP contribution in [-0.4, -0.2) is 47.6 Å².